The molecule has 0 aliphatic rings. The molecular weight excluding hydrogens is 264 g/mol. The van der Waals surface area contributed by atoms with Gasteiger partial charge in [0.2, 0.25) is 0 Å². The van der Waals surface area contributed by atoms with E-state index in [0.717, 1.165) is 25.3 Å². The largest absolute Gasteiger partial charge is 0.496 e. The lowest BCUT2D eigenvalue weighted by Gasteiger charge is -2.30. The molecule has 1 rings (SSSR count). The Kier molecular flexibility index (Phi) is 6.69. The summed E-state index contributed by atoms with van der Waals surface area (Å²) in [5, 5.41) is 0. The molecule has 0 N–H and O–H groups in total. The summed E-state index contributed by atoms with van der Waals surface area (Å²) in [6.07, 6.45) is 0. The van der Waals surface area contributed by atoms with Gasteiger partial charge in [-0.05, 0) is 39.1 Å². The zero-order chi connectivity index (χ0) is 16.0. The van der Waals surface area contributed by atoms with Gasteiger partial charge in [-0.3, -0.25) is 4.79 Å². The number of carbonyl (C=O) groups is 1. The van der Waals surface area contributed by atoms with Crippen molar-refractivity contribution in [2.45, 2.75) is 20.8 Å². The maximum absolute atomic E-state index is 12.1. The van der Waals surface area contributed by atoms with Gasteiger partial charge in [-0.1, -0.05) is 19.9 Å². The third-order valence-electron chi connectivity index (χ3n) is 3.32. The van der Waals surface area contributed by atoms with Gasteiger partial charge in [-0.25, -0.2) is 0 Å². The Morgan fingerprint density at radius 3 is 2.38 bits per heavy atom. The van der Waals surface area contributed by atoms with Gasteiger partial charge in [0.15, 0.2) is 5.78 Å². The summed E-state index contributed by atoms with van der Waals surface area (Å²) in [5.74, 6) is 1.22. The number of nitrogens with zero attached hydrogens (tertiary/aromatic N) is 2. The van der Waals surface area contributed by atoms with E-state index in [1.165, 1.54) is 0 Å². The normalized spacial score (nSPS) is 11.0. The molecule has 0 aliphatic carbocycles. The number of carbonyl (C=O) groups excluding carboxylic acids is 1. The van der Waals surface area contributed by atoms with Crippen LogP contribution in [0.1, 0.15) is 31.1 Å². The highest BCUT2D eigenvalue weighted by Crippen LogP contribution is 2.30. The van der Waals surface area contributed by atoms with Gasteiger partial charge in [-0.2, -0.15) is 0 Å². The molecule has 0 heterocycles. The van der Waals surface area contributed by atoms with Crippen molar-refractivity contribution in [3.05, 3.63) is 23.8 Å². The van der Waals surface area contributed by atoms with Crippen LogP contribution in [0.2, 0.25) is 0 Å². The smallest absolute Gasteiger partial charge is 0.165 e. The van der Waals surface area contributed by atoms with Crippen LogP contribution in [0.25, 0.3) is 0 Å². The number of ketones is 1. The van der Waals surface area contributed by atoms with Crippen molar-refractivity contribution in [3.8, 4) is 5.75 Å². The number of ether oxygens (including phenoxy) is 1. The first kappa shape index (κ1) is 17.5. The second-order valence-electron chi connectivity index (χ2n) is 6.05. The van der Waals surface area contributed by atoms with Crippen LogP contribution in [0.5, 0.6) is 5.75 Å². The van der Waals surface area contributed by atoms with E-state index in [0.29, 0.717) is 17.2 Å². The summed E-state index contributed by atoms with van der Waals surface area (Å²) in [5.41, 5.74) is 1.65. The van der Waals surface area contributed by atoms with E-state index in [9.17, 15) is 4.79 Å². The minimum absolute atomic E-state index is 0.0426. The minimum atomic E-state index is 0.0426. The fourth-order valence-corrected chi connectivity index (χ4v) is 2.38. The fourth-order valence-electron chi connectivity index (χ4n) is 2.38. The molecule has 1 aromatic rings. The molecule has 0 aliphatic heterocycles. The van der Waals surface area contributed by atoms with Crippen LogP contribution in [0.15, 0.2) is 18.2 Å². The molecule has 0 spiro atoms. The second-order valence-corrected chi connectivity index (χ2v) is 6.05. The maximum atomic E-state index is 12.1. The molecule has 0 unspecified atom stereocenters. The van der Waals surface area contributed by atoms with E-state index in [2.05, 4.69) is 37.7 Å². The maximum Gasteiger partial charge on any atom is 0.165 e. The van der Waals surface area contributed by atoms with Crippen molar-refractivity contribution in [1.82, 2.24) is 4.90 Å². The van der Waals surface area contributed by atoms with E-state index < -0.39 is 0 Å². The highest BCUT2D eigenvalue weighted by Gasteiger charge is 2.19. The van der Waals surface area contributed by atoms with Crippen LogP contribution >= 0.6 is 0 Å². The van der Waals surface area contributed by atoms with Crippen molar-refractivity contribution in [3.63, 3.8) is 0 Å². The van der Waals surface area contributed by atoms with E-state index in [1.807, 2.05) is 18.2 Å². The minimum Gasteiger partial charge on any atom is -0.496 e. The molecule has 0 bridgehead atoms. The zero-order valence-corrected chi connectivity index (χ0v) is 14.1. The number of methoxy groups -OCH3 is 1. The first-order chi connectivity index (χ1) is 9.86. The van der Waals surface area contributed by atoms with Crippen molar-refractivity contribution in [1.29, 1.82) is 0 Å². The number of likely N-dealkylation sites (N-methyl/N-ethyl adjacent to an activating group) is 1. The van der Waals surface area contributed by atoms with Gasteiger partial charge in [0.05, 0.1) is 18.4 Å². The Morgan fingerprint density at radius 2 is 1.90 bits per heavy atom. The van der Waals surface area contributed by atoms with Gasteiger partial charge in [0.25, 0.3) is 0 Å². The molecule has 0 aromatic heterocycles. The molecule has 4 nitrogen and oxygen atoms in total. The molecule has 4 heteroatoms. The summed E-state index contributed by atoms with van der Waals surface area (Å²) >= 11 is 0. The topological polar surface area (TPSA) is 32.8 Å². The number of hydrogen-bond acceptors (Lipinski definition) is 4. The average Bonchev–Trinajstić information content (AvgIpc) is 2.41. The van der Waals surface area contributed by atoms with Crippen molar-refractivity contribution in [2.24, 2.45) is 5.92 Å². The van der Waals surface area contributed by atoms with Crippen molar-refractivity contribution < 1.29 is 9.53 Å². The first-order valence-corrected chi connectivity index (χ1v) is 7.44. The highest BCUT2D eigenvalue weighted by molar-refractivity contribution is 6.02. The second kappa shape index (κ2) is 8.03. The van der Waals surface area contributed by atoms with E-state index in [4.69, 9.17) is 4.74 Å². The third-order valence-corrected chi connectivity index (χ3v) is 3.32. The molecule has 0 saturated heterocycles. The Bertz CT molecular complexity index is 470. The van der Waals surface area contributed by atoms with Crippen LogP contribution in [-0.4, -0.2) is 51.5 Å². The van der Waals surface area contributed by atoms with Crippen LogP contribution < -0.4 is 9.64 Å². The van der Waals surface area contributed by atoms with Gasteiger partial charge in [0, 0.05) is 19.6 Å². The molecule has 0 radical (unpaired) electrons. The van der Waals surface area contributed by atoms with E-state index in [1.54, 1.807) is 14.0 Å². The summed E-state index contributed by atoms with van der Waals surface area (Å²) in [6.45, 7) is 8.73. The third kappa shape index (κ3) is 5.05. The van der Waals surface area contributed by atoms with Gasteiger partial charge >= 0.3 is 0 Å². The number of benzene rings is 1. The molecule has 21 heavy (non-hydrogen) atoms. The summed E-state index contributed by atoms with van der Waals surface area (Å²) in [7, 11) is 5.73. The fraction of sp³-hybridized carbons (Fsp3) is 0.588. The number of Topliss-reactive ketones (excluding diaryl/α,β-unsaturated/α-hetero) is 1. The highest BCUT2D eigenvalue weighted by atomic mass is 16.5. The molecule has 0 amide bonds. The molecule has 1 aromatic carbocycles. The SMILES string of the molecule is COc1cccc(N(CCN(C)C)CC(C)C)c1C(C)=O. The molecule has 0 fully saturated rings. The average molecular weight is 292 g/mol. The Balaban J connectivity index is 3.19. The van der Waals surface area contributed by atoms with Crippen LogP contribution in [0, 0.1) is 5.92 Å². The molecule has 0 saturated carbocycles. The lowest BCUT2D eigenvalue weighted by Crippen LogP contribution is -2.35. The van der Waals surface area contributed by atoms with Crippen LogP contribution in [-0.2, 0) is 0 Å². The quantitative estimate of drug-likeness (QED) is 0.690. The Morgan fingerprint density at radius 1 is 1.24 bits per heavy atom. The Labute approximate surface area is 128 Å². The van der Waals surface area contributed by atoms with E-state index >= 15 is 0 Å². The zero-order valence-electron chi connectivity index (χ0n) is 14.1. The summed E-state index contributed by atoms with van der Waals surface area (Å²) in [4.78, 5) is 16.5. The number of anilines is 1. The molecule has 0 atom stereocenters. The van der Waals surface area contributed by atoms with Crippen LogP contribution in [0.4, 0.5) is 5.69 Å². The van der Waals surface area contributed by atoms with Crippen molar-refractivity contribution in [2.75, 3.05) is 45.7 Å². The number of rotatable bonds is 8. The van der Waals surface area contributed by atoms with Gasteiger partial charge < -0.3 is 14.5 Å². The predicted molar refractivity (Wildman–Crippen MR) is 88.6 cm³/mol. The van der Waals surface area contributed by atoms with Crippen molar-refractivity contribution >= 4 is 11.5 Å². The summed E-state index contributed by atoms with van der Waals surface area (Å²) in [6, 6.07) is 5.81. The lowest BCUT2D eigenvalue weighted by atomic mass is 10.1. The molecular formula is C17H28N2O2. The van der Waals surface area contributed by atoms with Gasteiger partial charge in [-0.15, -0.1) is 0 Å². The monoisotopic (exact) mass is 292 g/mol. The number of hydrogen-bond donors (Lipinski definition) is 0. The first-order valence-electron chi connectivity index (χ1n) is 7.44. The summed E-state index contributed by atoms with van der Waals surface area (Å²) < 4.78 is 5.37. The molecule has 118 valence electrons. The lowest BCUT2D eigenvalue weighted by molar-refractivity contribution is 0.101. The standard InChI is InChI=1S/C17H28N2O2/c1-13(2)12-19(11-10-18(4)5)15-8-7-9-16(21-6)17(15)14(3)20/h7-9,13H,10-12H2,1-6H3. The Hall–Kier alpha value is -1.55. The van der Waals surface area contributed by atoms with Gasteiger partial charge in [0.1, 0.15) is 5.75 Å². The van der Waals surface area contributed by atoms with Crippen LogP contribution in [0.3, 0.4) is 0 Å². The predicted octanol–water partition coefficient (Wildman–Crippen LogP) is 2.92. The van der Waals surface area contributed by atoms with E-state index in [-0.39, 0.29) is 5.78 Å².